The maximum atomic E-state index is 12.5. The number of rotatable bonds is 6. The minimum absolute atomic E-state index is 0.0634. The van der Waals surface area contributed by atoms with Gasteiger partial charge in [0.15, 0.2) is 0 Å². The molecule has 0 saturated carbocycles. The van der Waals surface area contributed by atoms with Gasteiger partial charge in [-0.05, 0) is 66.6 Å². The SMILES string of the molecule is COc1ccc2[nH]c(=O)c3sccc3c2c1-c1ccc(CN2CCC(CNC(=O)O)CC2)cc1. The number of fused-ring (bicyclic) bond motifs is 3. The summed E-state index contributed by atoms with van der Waals surface area (Å²) in [4.78, 5) is 28.6. The van der Waals surface area contributed by atoms with E-state index in [9.17, 15) is 9.59 Å². The van der Waals surface area contributed by atoms with Crippen molar-refractivity contribution < 1.29 is 14.6 Å². The zero-order valence-corrected chi connectivity index (χ0v) is 19.8. The fourth-order valence-corrected chi connectivity index (χ4v) is 5.70. The van der Waals surface area contributed by atoms with Crippen molar-refractivity contribution in [3.05, 3.63) is 63.8 Å². The van der Waals surface area contributed by atoms with E-state index < -0.39 is 6.09 Å². The number of thiophene rings is 1. The third-order valence-electron chi connectivity index (χ3n) is 6.67. The molecular weight excluding hydrogens is 450 g/mol. The first kappa shape index (κ1) is 22.4. The Kier molecular flexibility index (Phi) is 6.26. The Balaban J connectivity index is 1.39. The summed E-state index contributed by atoms with van der Waals surface area (Å²) < 4.78 is 6.44. The van der Waals surface area contributed by atoms with E-state index in [1.807, 2.05) is 23.6 Å². The highest BCUT2D eigenvalue weighted by Crippen LogP contribution is 2.40. The van der Waals surface area contributed by atoms with Crippen molar-refractivity contribution in [1.82, 2.24) is 15.2 Å². The largest absolute Gasteiger partial charge is 0.496 e. The zero-order valence-electron chi connectivity index (χ0n) is 19.0. The standard InChI is InChI=1S/C26H27N3O4S/c1-33-21-7-6-20-23(19-10-13-34-24(19)25(30)28-20)22(21)18-4-2-17(3-5-18)15-29-11-8-16(9-12-29)14-27-26(31)32/h2-7,10,13,16,27H,8-9,11-12,14-15H2,1H3,(H,28,30)(H,31,32). The van der Waals surface area contributed by atoms with Crippen LogP contribution in [0.2, 0.25) is 0 Å². The molecule has 0 atom stereocenters. The summed E-state index contributed by atoms with van der Waals surface area (Å²) in [5.74, 6) is 1.19. The molecule has 0 bridgehead atoms. The molecule has 1 saturated heterocycles. The van der Waals surface area contributed by atoms with Gasteiger partial charge in [-0.3, -0.25) is 9.69 Å². The zero-order chi connectivity index (χ0) is 23.7. The number of methoxy groups -OCH3 is 1. The summed E-state index contributed by atoms with van der Waals surface area (Å²) in [5, 5.41) is 15.2. The number of amides is 1. The van der Waals surface area contributed by atoms with E-state index in [2.05, 4.69) is 39.5 Å². The van der Waals surface area contributed by atoms with Gasteiger partial charge in [0.2, 0.25) is 0 Å². The van der Waals surface area contributed by atoms with E-state index in [1.54, 1.807) is 7.11 Å². The highest BCUT2D eigenvalue weighted by atomic mass is 32.1. The van der Waals surface area contributed by atoms with Crippen LogP contribution in [0.15, 0.2) is 52.6 Å². The summed E-state index contributed by atoms with van der Waals surface area (Å²) in [6.07, 6.45) is 1.05. The van der Waals surface area contributed by atoms with E-state index in [-0.39, 0.29) is 5.56 Å². The van der Waals surface area contributed by atoms with Crippen LogP contribution in [-0.2, 0) is 6.54 Å². The molecule has 2 aromatic carbocycles. The smallest absolute Gasteiger partial charge is 0.404 e. The molecule has 176 valence electrons. The first-order valence-electron chi connectivity index (χ1n) is 11.4. The number of nitrogens with one attached hydrogen (secondary N) is 2. The second kappa shape index (κ2) is 9.48. The second-order valence-corrected chi connectivity index (χ2v) is 9.70. The Morgan fingerprint density at radius 2 is 1.94 bits per heavy atom. The summed E-state index contributed by atoms with van der Waals surface area (Å²) in [5.41, 5.74) is 4.00. The monoisotopic (exact) mass is 477 g/mol. The van der Waals surface area contributed by atoms with E-state index in [0.717, 1.165) is 70.3 Å². The Hall–Kier alpha value is -3.36. The molecule has 3 N–H and O–H groups in total. The predicted octanol–water partition coefficient (Wildman–Crippen LogP) is 4.90. The average molecular weight is 478 g/mol. The molecule has 0 spiro atoms. The molecule has 0 aliphatic carbocycles. The van der Waals surface area contributed by atoms with Crippen molar-refractivity contribution in [3.63, 3.8) is 0 Å². The normalized spacial score (nSPS) is 15.1. The van der Waals surface area contributed by atoms with Crippen molar-refractivity contribution in [3.8, 4) is 16.9 Å². The van der Waals surface area contributed by atoms with E-state index >= 15 is 0 Å². The van der Waals surface area contributed by atoms with Crippen LogP contribution in [0.5, 0.6) is 5.75 Å². The van der Waals surface area contributed by atoms with Gasteiger partial charge in [-0.1, -0.05) is 24.3 Å². The second-order valence-electron chi connectivity index (χ2n) is 8.79. The topological polar surface area (TPSA) is 94.7 Å². The number of nitrogens with zero attached hydrogens (tertiary/aromatic N) is 1. The Morgan fingerprint density at radius 1 is 1.18 bits per heavy atom. The number of ether oxygens (including phenoxy) is 1. The molecular formula is C26H27N3O4S. The molecule has 1 amide bonds. The lowest BCUT2D eigenvalue weighted by molar-refractivity contribution is 0.166. The van der Waals surface area contributed by atoms with Crippen LogP contribution >= 0.6 is 11.3 Å². The highest BCUT2D eigenvalue weighted by molar-refractivity contribution is 7.17. The number of hydrogen-bond acceptors (Lipinski definition) is 5. The van der Waals surface area contributed by atoms with E-state index in [1.165, 1.54) is 16.9 Å². The van der Waals surface area contributed by atoms with Gasteiger partial charge in [0.25, 0.3) is 5.56 Å². The highest BCUT2D eigenvalue weighted by Gasteiger charge is 2.20. The Morgan fingerprint density at radius 3 is 2.65 bits per heavy atom. The third-order valence-corrected chi connectivity index (χ3v) is 7.59. The number of carbonyl (C=O) groups is 1. The van der Waals surface area contributed by atoms with Crippen LogP contribution < -0.4 is 15.6 Å². The fourth-order valence-electron chi connectivity index (χ4n) is 4.90. The first-order chi connectivity index (χ1) is 16.5. The molecule has 1 fully saturated rings. The van der Waals surface area contributed by atoms with Crippen LogP contribution in [0.4, 0.5) is 4.79 Å². The number of aromatic nitrogens is 1. The fraction of sp³-hybridized carbons (Fsp3) is 0.308. The molecule has 3 heterocycles. The molecule has 0 unspecified atom stereocenters. The van der Waals surface area contributed by atoms with Gasteiger partial charge in [-0.15, -0.1) is 11.3 Å². The number of hydrogen-bond donors (Lipinski definition) is 3. The van der Waals surface area contributed by atoms with Crippen molar-refractivity contribution >= 4 is 38.4 Å². The van der Waals surface area contributed by atoms with Gasteiger partial charge in [-0.2, -0.15) is 0 Å². The number of H-pyrrole nitrogens is 1. The number of benzene rings is 2. The number of pyridine rings is 1. The van der Waals surface area contributed by atoms with Crippen molar-refractivity contribution in [2.24, 2.45) is 5.92 Å². The number of piperidine rings is 1. The van der Waals surface area contributed by atoms with Gasteiger partial charge in [0.05, 0.1) is 7.11 Å². The number of carboxylic acid groups (broad SMARTS) is 1. The maximum Gasteiger partial charge on any atom is 0.404 e. The number of aromatic amines is 1. The number of likely N-dealkylation sites (tertiary alicyclic amines) is 1. The molecule has 7 nitrogen and oxygen atoms in total. The molecule has 1 aliphatic rings. The predicted molar refractivity (Wildman–Crippen MR) is 136 cm³/mol. The lowest BCUT2D eigenvalue weighted by Crippen LogP contribution is -2.37. The van der Waals surface area contributed by atoms with Crippen LogP contribution in [-0.4, -0.2) is 47.8 Å². The molecule has 4 aromatic rings. The molecule has 34 heavy (non-hydrogen) atoms. The molecule has 5 rings (SSSR count). The first-order valence-corrected chi connectivity index (χ1v) is 12.3. The van der Waals surface area contributed by atoms with Crippen molar-refractivity contribution in [2.75, 3.05) is 26.7 Å². The minimum Gasteiger partial charge on any atom is -0.496 e. The summed E-state index contributed by atoms with van der Waals surface area (Å²) in [6, 6.07) is 14.4. The lowest BCUT2D eigenvalue weighted by Gasteiger charge is -2.31. The van der Waals surface area contributed by atoms with Crippen LogP contribution in [0.25, 0.3) is 32.1 Å². The Bertz CT molecular complexity index is 1390. The van der Waals surface area contributed by atoms with E-state index in [0.29, 0.717) is 12.5 Å². The quantitative estimate of drug-likeness (QED) is 0.367. The molecule has 2 aromatic heterocycles. The van der Waals surface area contributed by atoms with Gasteiger partial charge >= 0.3 is 6.09 Å². The van der Waals surface area contributed by atoms with Crippen molar-refractivity contribution in [2.45, 2.75) is 19.4 Å². The molecule has 1 aliphatic heterocycles. The van der Waals surface area contributed by atoms with Crippen molar-refractivity contribution in [1.29, 1.82) is 0 Å². The Labute approximate surface area is 201 Å². The van der Waals surface area contributed by atoms with Gasteiger partial charge in [0.1, 0.15) is 10.4 Å². The molecule has 0 radical (unpaired) electrons. The van der Waals surface area contributed by atoms with Gasteiger partial charge in [-0.25, -0.2) is 4.79 Å². The van der Waals surface area contributed by atoms with Gasteiger partial charge < -0.3 is 20.1 Å². The van der Waals surface area contributed by atoms with Crippen LogP contribution in [0.1, 0.15) is 18.4 Å². The minimum atomic E-state index is -0.948. The van der Waals surface area contributed by atoms with Crippen LogP contribution in [0.3, 0.4) is 0 Å². The summed E-state index contributed by atoms with van der Waals surface area (Å²) in [7, 11) is 1.67. The summed E-state index contributed by atoms with van der Waals surface area (Å²) >= 11 is 1.45. The summed E-state index contributed by atoms with van der Waals surface area (Å²) in [6.45, 7) is 3.34. The lowest BCUT2D eigenvalue weighted by atomic mass is 9.95. The third kappa shape index (κ3) is 4.38. The van der Waals surface area contributed by atoms with Crippen LogP contribution in [0, 0.1) is 5.92 Å². The average Bonchev–Trinajstić information content (AvgIpc) is 3.34. The van der Waals surface area contributed by atoms with E-state index in [4.69, 9.17) is 9.84 Å². The maximum absolute atomic E-state index is 12.5. The molecule has 8 heteroatoms. The van der Waals surface area contributed by atoms with Gasteiger partial charge in [0, 0.05) is 34.9 Å².